The minimum absolute atomic E-state index is 0.164. The summed E-state index contributed by atoms with van der Waals surface area (Å²) in [6.45, 7) is 0. The van der Waals surface area contributed by atoms with Crippen LogP contribution in [0.4, 0.5) is 13.2 Å². The maximum Gasteiger partial charge on any atom is 0.418 e. The van der Waals surface area contributed by atoms with Gasteiger partial charge in [-0.25, -0.2) is 4.79 Å². The summed E-state index contributed by atoms with van der Waals surface area (Å²) in [5.41, 5.74) is -1.14. The molecule has 0 aliphatic heterocycles. The average Bonchev–Trinajstić information content (AvgIpc) is 2.59. The number of thiophene rings is 1. The fourth-order valence-electron chi connectivity index (χ4n) is 0.923. The smallest absolute Gasteiger partial charge is 0.418 e. The van der Waals surface area contributed by atoms with Crippen molar-refractivity contribution < 1.29 is 27.5 Å². The van der Waals surface area contributed by atoms with E-state index in [4.69, 9.17) is 0 Å². The molecule has 0 saturated heterocycles. The van der Waals surface area contributed by atoms with Crippen LogP contribution in [0.2, 0.25) is 0 Å². The standard InChI is InChI=1S/C8H5F3O3S/c1-14-7(13)6-5(8(9,10)11)2-4(3-12)15-6/h2-3H,1H3. The molecule has 0 aliphatic rings. The van der Waals surface area contributed by atoms with Gasteiger partial charge < -0.3 is 4.74 Å². The van der Waals surface area contributed by atoms with Crippen molar-refractivity contribution in [2.45, 2.75) is 6.18 Å². The van der Waals surface area contributed by atoms with Crippen molar-refractivity contribution in [2.75, 3.05) is 7.11 Å². The summed E-state index contributed by atoms with van der Waals surface area (Å²) >= 11 is 0.456. The van der Waals surface area contributed by atoms with E-state index in [1.807, 2.05) is 0 Å². The number of halogens is 3. The van der Waals surface area contributed by atoms with Crippen LogP contribution in [0.5, 0.6) is 0 Å². The van der Waals surface area contributed by atoms with Crippen LogP contribution in [-0.2, 0) is 10.9 Å². The number of aldehydes is 1. The Kier molecular flexibility index (Phi) is 3.13. The fourth-order valence-corrected chi connectivity index (χ4v) is 1.83. The van der Waals surface area contributed by atoms with Gasteiger partial charge in [0.25, 0.3) is 0 Å². The van der Waals surface area contributed by atoms with Gasteiger partial charge in [0, 0.05) is 0 Å². The van der Waals surface area contributed by atoms with Crippen LogP contribution in [0, 0.1) is 0 Å². The lowest BCUT2D eigenvalue weighted by molar-refractivity contribution is -0.137. The zero-order chi connectivity index (χ0) is 11.6. The minimum Gasteiger partial charge on any atom is -0.465 e. The lowest BCUT2D eigenvalue weighted by Crippen LogP contribution is -2.10. The Hall–Kier alpha value is -1.37. The Bertz CT molecular complexity index is 394. The lowest BCUT2D eigenvalue weighted by Gasteiger charge is -2.05. The molecule has 0 unspecified atom stereocenters. The molecule has 0 N–H and O–H groups in total. The first-order valence-corrected chi connectivity index (χ1v) is 4.46. The number of alkyl halides is 3. The van der Waals surface area contributed by atoms with Crippen LogP contribution >= 0.6 is 11.3 Å². The summed E-state index contributed by atoms with van der Waals surface area (Å²) in [4.78, 5) is 20.5. The summed E-state index contributed by atoms with van der Waals surface area (Å²) < 4.78 is 41.3. The van der Waals surface area contributed by atoms with Gasteiger partial charge in [-0.05, 0) is 6.07 Å². The lowest BCUT2D eigenvalue weighted by atomic mass is 10.2. The number of carbonyl (C=O) groups is 2. The van der Waals surface area contributed by atoms with E-state index in [-0.39, 0.29) is 11.2 Å². The highest BCUT2D eigenvalue weighted by atomic mass is 32.1. The Morgan fingerprint density at radius 3 is 2.53 bits per heavy atom. The molecular weight excluding hydrogens is 233 g/mol. The van der Waals surface area contributed by atoms with Gasteiger partial charge in [0.2, 0.25) is 0 Å². The van der Waals surface area contributed by atoms with Crippen molar-refractivity contribution in [3.05, 3.63) is 21.4 Å². The van der Waals surface area contributed by atoms with Gasteiger partial charge in [-0.3, -0.25) is 4.79 Å². The predicted octanol–water partition coefficient (Wildman–Crippen LogP) is 2.37. The molecule has 0 amide bonds. The largest absolute Gasteiger partial charge is 0.465 e. The Labute approximate surface area is 86.5 Å². The van der Waals surface area contributed by atoms with Crippen LogP contribution in [0.15, 0.2) is 6.07 Å². The second-order valence-electron chi connectivity index (χ2n) is 2.50. The zero-order valence-corrected chi connectivity index (χ0v) is 8.24. The minimum atomic E-state index is -4.67. The van der Waals surface area contributed by atoms with Gasteiger partial charge in [-0.2, -0.15) is 13.2 Å². The van der Waals surface area contributed by atoms with Crippen LogP contribution in [0.3, 0.4) is 0 Å². The molecule has 1 aromatic heterocycles. The third-order valence-electron chi connectivity index (χ3n) is 1.54. The molecule has 1 heterocycles. The van der Waals surface area contributed by atoms with Gasteiger partial charge in [-0.15, -0.1) is 11.3 Å². The highest BCUT2D eigenvalue weighted by Crippen LogP contribution is 2.36. The van der Waals surface area contributed by atoms with E-state index < -0.39 is 22.6 Å². The molecule has 7 heteroatoms. The molecule has 0 atom stereocenters. The van der Waals surface area contributed by atoms with E-state index in [2.05, 4.69) is 4.74 Å². The summed E-state index contributed by atoms with van der Waals surface area (Å²) in [5, 5.41) is 0. The highest BCUT2D eigenvalue weighted by molar-refractivity contribution is 7.15. The van der Waals surface area contributed by atoms with Crippen LogP contribution < -0.4 is 0 Å². The molecule has 0 aliphatic carbocycles. The number of ether oxygens (including phenoxy) is 1. The maximum absolute atomic E-state index is 12.4. The first-order chi connectivity index (χ1) is 6.90. The normalized spacial score (nSPS) is 11.2. The first kappa shape index (κ1) is 11.7. The van der Waals surface area contributed by atoms with Gasteiger partial charge >= 0.3 is 12.1 Å². The van der Waals surface area contributed by atoms with Gasteiger partial charge in [0.1, 0.15) is 4.88 Å². The second kappa shape index (κ2) is 4.01. The highest BCUT2D eigenvalue weighted by Gasteiger charge is 2.37. The molecule has 0 saturated carbocycles. The molecule has 3 nitrogen and oxygen atoms in total. The molecule has 1 rings (SSSR count). The summed E-state index contributed by atoms with van der Waals surface area (Å²) in [7, 11) is 0.975. The maximum atomic E-state index is 12.4. The molecule has 1 aromatic rings. The third kappa shape index (κ3) is 2.35. The van der Waals surface area contributed by atoms with Crippen molar-refractivity contribution in [3.8, 4) is 0 Å². The second-order valence-corrected chi connectivity index (χ2v) is 3.58. The van der Waals surface area contributed by atoms with Crippen molar-refractivity contribution in [1.29, 1.82) is 0 Å². The molecule has 0 fully saturated rings. The Morgan fingerprint density at radius 1 is 1.53 bits per heavy atom. The van der Waals surface area contributed by atoms with Crippen molar-refractivity contribution in [3.63, 3.8) is 0 Å². The van der Waals surface area contributed by atoms with E-state index in [9.17, 15) is 22.8 Å². The zero-order valence-electron chi connectivity index (χ0n) is 7.42. The van der Waals surface area contributed by atoms with Gasteiger partial charge in [0.15, 0.2) is 6.29 Å². The van der Waals surface area contributed by atoms with Crippen molar-refractivity contribution in [1.82, 2.24) is 0 Å². The van der Waals surface area contributed by atoms with Crippen LogP contribution in [0.1, 0.15) is 24.9 Å². The summed E-state index contributed by atoms with van der Waals surface area (Å²) in [5.74, 6) is -1.10. The summed E-state index contributed by atoms with van der Waals surface area (Å²) in [6.07, 6.45) is -4.41. The van der Waals surface area contributed by atoms with Crippen molar-refractivity contribution in [2.24, 2.45) is 0 Å². The number of hydrogen-bond donors (Lipinski definition) is 0. The number of hydrogen-bond acceptors (Lipinski definition) is 4. The monoisotopic (exact) mass is 238 g/mol. The molecule has 0 aromatic carbocycles. The number of carbonyl (C=O) groups excluding carboxylic acids is 2. The van der Waals surface area contributed by atoms with E-state index in [0.717, 1.165) is 7.11 Å². The third-order valence-corrected chi connectivity index (χ3v) is 2.58. The fraction of sp³-hybridized carbons (Fsp3) is 0.250. The number of rotatable bonds is 2. The Morgan fingerprint density at radius 2 is 2.13 bits per heavy atom. The number of esters is 1. The van der Waals surface area contributed by atoms with Gasteiger partial charge in [0.05, 0.1) is 17.6 Å². The van der Waals surface area contributed by atoms with Crippen LogP contribution in [0.25, 0.3) is 0 Å². The molecule has 0 radical (unpaired) electrons. The summed E-state index contributed by atoms with van der Waals surface area (Å²) in [6, 6.07) is 0.629. The Balaban J connectivity index is 3.30. The molecule has 82 valence electrons. The molecule has 0 spiro atoms. The van der Waals surface area contributed by atoms with Gasteiger partial charge in [-0.1, -0.05) is 0 Å². The SMILES string of the molecule is COC(=O)c1sc(C=O)cc1C(F)(F)F. The van der Waals surface area contributed by atoms with E-state index in [0.29, 0.717) is 17.4 Å². The van der Waals surface area contributed by atoms with E-state index >= 15 is 0 Å². The first-order valence-electron chi connectivity index (χ1n) is 3.64. The predicted molar refractivity (Wildman–Crippen MR) is 46.0 cm³/mol. The topological polar surface area (TPSA) is 43.4 Å². The average molecular weight is 238 g/mol. The van der Waals surface area contributed by atoms with E-state index in [1.165, 1.54) is 0 Å². The van der Waals surface area contributed by atoms with E-state index in [1.54, 1.807) is 0 Å². The molecular formula is C8H5F3O3S. The van der Waals surface area contributed by atoms with Crippen LogP contribution in [-0.4, -0.2) is 19.4 Å². The quantitative estimate of drug-likeness (QED) is 0.586. The molecule has 0 bridgehead atoms. The molecule has 15 heavy (non-hydrogen) atoms. The van der Waals surface area contributed by atoms with Crippen molar-refractivity contribution >= 4 is 23.6 Å². The number of methoxy groups -OCH3 is 1.